The second-order valence-corrected chi connectivity index (χ2v) is 4.92. The molecule has 0 radical (unpaired) electrons. The van der Waals surface area contributed by atoms with E-state index in [9.17, 15) is 4.79 Å². The third kappa shape index (κ3) is 5.75. The van der Waals surface area contributed by atoms with Crippen molar-refractivity contribution in [3.63, 3.8) is 0 Å². The molecule has 0 heterocycles. The predicted molar refractivity (Wildman–Crippen MR) is 74.1 cm³/mol. The van der Waals surface area contributed by atoms with Crippen molar-refractivity contribution < 1.29 is 4.79 Å². The fraction of sp³-hybridized carbons (Fsp3) is 0.462. The molecule has 1 aromatic carbocycles. The van der Waals surface area contributed by atoms with Gasteiger partial charge in [0.15, 0.2) is 0 Å². The highest BCUT2D eigenvalue weighted by Crippen LogP contribution is 2.02. The van der Waals surface area contributed by atoms with Crippen LogP contribution in [0, 0.1) is 0 Å². The summed E-state index contributed by atoms with van der Waals surface area (Å²) in [7, 11) is 0. The molecule has 3 nitrogen and oxygen atoms in total. The lowest BCUT2D eigenvalue weighted by Gasteiger charge is -2.12. The number of nitrogens with one attached hydrogen (secondary N) is 1. The molecule has 17 heavy (non-hydrogen) atoms. The molecule has 0 aliphatic heterocycles. The Morgan fingerprint density at radius 1 is 1.41 bits per heavy atom. The van der Waals surface area contributed by atoms with E-state index in [0.717, 1.165) is 17.7 Å². The van der Waals surface area contributed by atoms with E-state index in [2.05, 4.69) is 11.6 Å². The summed E-state index contributed by atoms with van der Waals surface area (Å²) < 4.78 is 0. The Kier molecular flexibility index (Phi) is 6.74. The molecule has 0 bridgehead atoms. The summed E-state index contributed by atoms with van der Waals surface area (Å²) in [5.74, 6) is 1.00. The summed E-state index contributed by atoms with van der Waals surface area (Å²) in [4.78, 5) is 11.7. The van der Waals surface area contributed by atoms with Crippen LogP contribution in [0.25, 0.3) is 0 Å². The van der Waals surface area contributed by atoms with Gasteiger partial charge in [-0.2, -0.15) is 11.8 Å². The van der Waals surface area contributed by atoms with Crippen LogP contribution in [-0.4, -0.2) is 30.5 Å². The van der Waals surface area contributed by atoms with Crippen LogP contribution in [0.5, 0.6) is 0 Å². The van der Waals surface area contributed by atoms with Gasteiger partial charge in [0.1, 0.15) is 0 Å². The number of benzene rings is 1. The van der Waals surface area contributed by atoms with Crippen LogP contribution in [0.2, 0.25) is 0 Å². The monoisotopic (exact) mass is 252 g/mol. The SMILES string of the molecule is CSCCCNC(=O)[C@@H](N)Cc1ccccc1. The van der Waals surface area contributed by atoms with E-state index in [1.54, 1.807) is 11.8 Å². The number of nitrogens with two attached hydrogens (primary N) is 1. The van der Waals surface area contributed by atoms with E-state index >= 15 is 0 Å². The van der Waals surface area contributed by atoms with Gasteiger partial charge >= 0.3 is 0 Å². The Morgan fingerprint density at radius 2 is 2.12 bits per heavy atom. The number of hydrogen-bond donors (Lipinski definition) is 2. The molecule has 1 amide bonds. The molecule has 0 aliphatic carbocycles. The predicted octanol–water partition coefficient (Wildman–Crippen LogP) is 1.43. The molecular formula is C13H20N2OS. The van der Waals surface area contributed by atoms with E-state index < -0.39 is 6.04 Å². The summed E-state index contributed by atoms with van der Waals surface area (Å²) in [5.41, 5.74) is 6.94. The molecule has 0 fully saturated rings. The first-order chi connectivity index (χ1) is 8.24. The highest BCUT2D eigenvalue weighted by Gasteiger charge is 2.12. The molecule has 1 rings (SSSR count). The summed E-state index contributed by atoms with van der Waals surface area (Å²) in [6.45, 7) is 0.710. The van der Waals surface area contributed by atoms with E-state index in [1.807, 2.05) is 30.3 Å². The van der Waals surface area contributed by atoms with E-state index in [4.69, 9.17) is 5.73 Å². The largest absolute Gasteiger partial charge is 0.355 e. The van der Waals surface area contributed by atoms with Gasteiger partial charge < -0.3 is 11.1 Å². The molecule has 0 saturated carbocycles. The summed E-state index contributed by atoms with van der Waals surface area (Å²) in [5, 5.41) is 2.86. The molecule has 3 N–H and O–H groups in total. The normalized spacial score (nSPS) is 12.1. The molecule has 1 atom stereocenters. The Morgan fingerprint density at radius 3 is 2.76 bits per heavy atom. The summed E-state index contributed by atoms with van der Waals surface area (Å²) in [6.07, 6.45) is 3.64. The van der Waals surface area contributed by atoms with Gasteiger partial charge in [0.25, 0.3) is 0 Å². The Balaban J connectivity index is 2.27. The average molecular weight is 252 g/mol. The van der Waals surface area contributed by atoms with Gasteiger partial charge in [0, 0.05) is 6.54 Å². The highest BCUT2D eigenvalue weighted by atomic mass is 32.2. The summed E-state index contributed by atoms with van der Waals surface area (Å²) >= 11 is 1.78. The molecule has 94 valence electrons. The fourth-order valence-electron chi connectivity index (χ4n) is 1.52. The van der Waals surface area contributed by atoms with Crippen LogP contribution in [0.3, 0.4) is 0 Å². The number of carbonyl (C=O) groups is 1. The maximum Gasteiger partial charge on any atom is 0.237 e. The van der Waals surface area contributed by atoms with Gasteiger partial charge in [-0.25, -0.2) is 0 Å². The van der Waals surface area contributed by atoms with Crippen molar-refractivity contribution in [2.45, 2.75) is 18.9 Å². The maximum atomic E-state index is 11.7. The van der Waals surface area contributed by atoms with Crippen LogP contribution in [0.15, 0.2) is 30.3 Å². The van der Waals surface area contributed by atoms with Crippen molar-refractivity contribution in [2.24, 2.45) is 5.73 Å². The second-order valence-electron chi connectivity index (χ2n) is 3.93. The van der Waals surface area contributed by atoms with Crippen molar-refractivity contribution in [3.8, 4) is 0 Å². The van der Waals surface area contributed by atoms with Crippen LogP contribution >= 0.6 is 11.8 Å². The Labute approximate surface area is 107 Å². The van der Waals surface area contributed by atoms with Gasteiger partial charge in [-0.3, -0.25) is 4.79 Å². The molecule has 0 aromatic heterocycles. The molecule has 0 saturated heterocycles. The van der Waals surface area contributed by atoms with Crippen LogP contribution in [0.1, 0.15) is 12.0 Å². The standard InChI is InChI=1S/C13H20N2OS/c1-17-9-5-8-15-13(16)12(14)10-11-6-3-2-4-7-11/h2-4,6-7,12H,5,8-10,14H2,1H3,(H,15,16)/t12-/m0/s1. The molecular weight excluding hydrogens is 232 g/mol. The first-order valence-corrected chi connectivity index (χ1v) is 7.19. The van der Waals surface area contributed by atoms with Crippen molar-refractivity contribution in [3.05, 3.63) is 35.9 Å². The van der Waals surface area contributed by atoms with Crippen molar-refractivity contribution in [2.75, 3.05) is 18.6 Å². The number of thioether (sulfide) groups is 1. The molecule has 0 unspecified atom stereocenters. The topological polar surface area (TPSA) is 55.1 Å². The van der Waals surface area contributed by atoms with E-state index in [0.29, 0.717) is 13.0 Å². The number of amides is 1. The lowest BCUT2D eigenvalue weighted by atomic mass is 10.1. The zero-order valence-electron chi connectivity index (χ0n) is 10.2. The van der Waals surface area contributed by atoms with Gasteiger partial charge in [-0.1, -0.05) is 30.3 Å². The fourth-order valence-corrected chi connectivity index (χ4v) is 1.95. The minimum absolute atomic E-state index is 0.0602. The second kappa shape index (κ2) is 8.14. The smallest absolute Gasteiger partial charge is 0.237 e. The third-order valence-electron chi connectivity index (χ3n) is 2.46. The minimum atomic E-state index is -0.452. The highest BCUT2D eigenvalue weighted by molar-refractivity contribution is 7.98. The van der Waals surface area contributed by atoms with Crippen molar-refractivity contribution in [1.82, 2.24) is 5.32 Å². The zero-order valence-corrected chi connectivity index (χ0v) is 11.0. The maximum absolute atomic E-state index is 11.7. The molecule has 4 heteroatoms. The first kappa shape index (κ1) is 14.1. The molecule has 0 spiro atoms. The number of rotatable bonds is 7. The van der Waals surface area contributed by atoms with Gasteiger partial charge in [0.05, 0.1) is 6.04 Å². The Hall–Kier alpha value is -1.00. The van der Waals surface area contributed by atoms with Gasteiger partial charge in [0.2, 0.25) is 5.91 Å². The lowest BCUT2D eigenvalue weighted by Crippen LogP contribution is -2.42. The Bertz CT molecular complexity index is 329. The molecule has 1 aromatic rings. The number of carbonyl (C=O) groups excluding carboxylic acids is 1. The van der Waals surface area contributed by atoms with Crippen LogP contribution in [-0.2, 0) is 11.2 Å². The van der Waals surface area contributed by atoms with Crippen LogP contribution in [0.4, 0.5) is 0 Å². The third-order valence-corrected chi connectivity index (χ3v) is 3.16. The van der Waals surface area contributed by atoms with Crippen molar-refractivity contribution in [1.29, 1.82) is 0 Å². The van der Waals surface area contributed by atoms with Gasteiger partial charge in [-0.05, 0) is 30.4 Å². The lowest BCUT2D eigenvalue weighted by molar-refractivity contribution is -0.122. The van der Waals surface area contributed by atoms with Gasteiger partial charge in [-0.15, -0.1) is 0 Å². The minimum Gasteiger partial charge on any atom is -0.355 e. The van der Waals surface area contributed by atoms with E-state index in [1.165, 1.54) is 0 Å². The quantitative estimate of drug-likeness (QED) is 0.722. The summed E-state index contributed by atoms with van der Waals surface area (Å²) in [6, 6.07) is 9.39. The van der Waals surface area contributed by atoms with Crippen LogP contribution < -0.4 is 11.1 Å². The van der Waals surface area contributed by atoms with Crippen molar-refractivity contribution >= 4 is 17.7 Å². The first-order valence-electron chi connectivity index (χ1n) is 5.80. The zero-order chi connectivity index (χ0) is 12.5. The average Bonchev–Trinajstić information content (AvgIpc) is 2.35. The number of hydrogen-bond acceptors (Lipinski definition) is 3. The molecule has 0 aliphatic rings. The van der Waals surface area contributed by atoms with E-state index in [-0.39, 0.29) is 5.91 Å².